The number of benzene rings is 1. The quantitative estimate of drug-likeness (QED) is 0.722. The Kier molecular flexibility index (Phi) is 5.89. The summed E-state index contributed by atoms with van der Waals surface area (Å²) < 4.78 is 25.9. The van der Waals surface area contributed by atoms with E-state index in [0.29, 0.717) is 63.7 Å². The molecule has 3 rings (SSSR count). The summed E-state index contributed by atoms with van der Waals surface area (Å²) in [6.45, 7) is 1.32. The van der Waals surface area contributed by atoms with Crippen LogP contribution in [0.5, 0.6) is 0 Å². The van der Waals surface area contributed by atoms with Crippen LogP contribution in [-0.4, -0.2) is 49.7 Å². The third-order valence-corrected chi connectivity index (χ3v) is 7.31. The highest BCUT2D eigenvalue weighted by molar-refractivity contribution is 7.89. The van der Waals surface area contributed by atoms with E-state index in [-0.39, 0.29) is 23.2 Å². The molecule has 7 heteroatoms. The standard InChI is InChI=1S/C19H26N2O4S/c20-6-1-9-26(24,25)21-7-4-14(5-8-21)10-19(23)16-3-2-15-12-18(22)13-17(15)11-16/h2-3,11,14H,1,4-10,12-13,20H2. The normalized spacial score (nSPS) is 18.9. The Morgan fingerprint density at radius 2 is 1.85 bits per heavy atom. The number of piperidine rings is 1. The summed E-state index contributed by atoms with van der Waals surface area (Å²) >= 11 is 0. The number of carbonyl (C=O) groups is 2. The minimum absolute atomic E-state index is 0.0802. The van der Waals surface area contributed by atoms with Crippen LogP contribution in [0.2, 0.25) is 0 Å². The molecule has 0 spiro atoms. The number of rotatable bonds is 7. The van der Waals surface area contributed by atoms with Crippen LogP contribution in [0, 0.1) is 5.92 Å². The fourth-order valence-electron chi connectivity index (χ4n) is 3.79. The van der Waals surface area contributed by atoms with Crippen LogP contribution in [0.1, 0.15) is 47.2 Å². The minimum Gasteiger partial charge on any atom is -0.330 e. The van der Waals surface area contributed by atoms with Crippen molar-refractivity contribution in [2.75, 3.05) is 25.4 Å². The van der Waals surface area contributed by atoms with Crippen LogP contribution < -0.4 is 5.73 Å². The molecule has 26 heavy (non-hydrogen) atoms. The summed E-state index contributed by atoms with van der Waals surface area (Å²) in [5.74, 6) is 0.587. The molecular weight excluding hydrogens is 352 g/mol. The number of sulfonamides is 1. The Morgan fingerprint density at radius 3 is 2.54 bits per heavy atom. The lowest BCUT2D eigenvalue weighted by Gasteiger charge is -2.31. The van der Waals surface area contributed by atoms with Gasteiger partial charge in [0.05, 0.1) is 5.75 Å². The molecule has 0 unspecified atom stereocenters. The molecule has 1 aliphatic heterocycles. The third-order valence-electron chi connectivity index (χ3n) is 5.35. The van der Waals surface area contributed by atoms with Crippen molar-refractivity contribution in [3.8, 4) is 0 Å². The number of nitrogens with zero attached hydrogens (tertiary/aromatic N) is 1. The van der Waals surface area contributed by atoms with Gasteiger partial charge in [-0.2, -0.15) is 0 Å². The second kappa shape index (κ2) is 7.98. The molecule has 0 atom stereocenters. The van der Waals surface area contributed by atoms with E-state index in [0.717, 1.165) is 11.1 Å². The lowest BCUT2D eigenvalue weighted by atomic mass is 9.90. The van der Waals surface area contributed by atoms with E-state index in [2.05, 4.69) is 0 Å². The van der Waals surface area contributed by atoms with Gasteiger partial charge in [-0.1, -0.05) is 12.1 Å². The van der Waals surface area contributed by atoms with Gasteiger partial charge in [-0.3, -0.25) is 9.59 Å². The van der Waals surface area contributed by atoms with Gasteiger partial charge in [0, 0.05) is 37.9 Å². The molecule has 0 aromatic heterocycles. The molecule has 1 saturated heterocycles. The van der Waals surface area contributed by atoms with E-state index < -0.39 is 10.0 Å². The molecule has 142 valence electrons. The van der Waals surface area contributed by atoms with Crippen molar-refractivity contribution < 1.29 is 18.0 Å². The maximum atomic E-state index is 12.6. The average molecular weight is 378 g/mol. The van der Waals surface area contributed by atoms with Crippen LogP contribution in [0.15, 0.2) is 18.2 Å². The van der Waals surface area contributed by atoms with Crippen LogP contribution in [0.3, 0.4) is 0 Å². The van der Waals surface area contributed by atoms with Crippen molar-refractivity contribution >= 4 is 21.6 Å². The van der Waals surface area contributed by atoms with Gasteiger partial charge in [0.2, 0.25) is 10.0 Å². The first kappa shape index (κ1) is 19.2. The zero-order valence-corrected chi connectivity index (χ0v) is 15.8. The first-order valence-corrected chi connectivity index (χ1v) is 10.8. The van der Waals surface area contributed by atoms with Gasteiger partial charge in [0.25, 0.3) is 0 Å². The highest BCUT2D eigenvalue weighted by Crippen LogP contribution is 2.26. The van der Waals surface area contributed by atoms with Gasteiger partial charge in [-0.05, 0) is 48.9 Å². The van der Waals surface area contributed by atoms with E-state index in [4.69, 9.17) is 5.73 Å². The second-order valence-electron chi connectivity index (χ2n) is 7.30. The first-order valence-electron chi connectivity index (χ1n) is 9.23. The van der Waals surface area contributed by atoms with Crippen LogP contribution in [0.25, 0.3) is 0 Å². The molecule has 1 aliphatic carbocycles. The zero-order chi connectivity index (χ0) is 18.7. The largest absolute Gasteiger partial charge is 0.330 e. The van der Waals surface area contributed by atoms with Gasteiger partial charge < -0.3 is 5.73 Å². The van der Waals surface area contributed by atoms with E-state index in [1.54, 1.807) is 0 Å². The highest BCUT2D eigenvalue weighted by atomic mass is 32.2. The zero-order valence-electron chi connectivity index (χ0n) is 14.9. The van der Waals surface area contributed by atoms with Gasteiger partial charge in [-0.25, -0.2) is 12.7 Å². The number of hydrogen-bond acceptors (Lipinski definition) is 5. The SMILES string of the molecule is NCCCS(=O)(=O)N1CCC(CC(=O)c2ccc3c(c2)CC(=O)C3)CC1. The Labute approximate surface area is 154 Å². The van der Waals surface area contributed by atoms with Gasteiger partial charge in [-0.15, -0.1) is 0 Å². The van der Waals surface area contributed by atoms with Crippen LogP contribution in [-0.2, 0) is 27.7 Å². The number of carbonyl (C=O) groups excluding carboxylic acids is 2. The lowest BCUT2D eigenvalue weighted by molar-refractivity contribution is -0.117. The molecule has 6 nitrogen and oxygen atoms in total. The van der Waals surface area contributed by atoms with E-state index >= 15 is 0 Å². The topological polar surface area (TPSA) is 97.5 Å². The fraction of sp³-hybridized carbons (Fsp3) is 0.579. The molecule has 2 aliphatic rings. The number of Topliss-reactive ketones (excluding diaryl/α,β-unsaturated/α-hetero) is 2. The molecule has 0 radical (unpaired) electrons. The predicted octanol–water partition coefficient (Wildman–Crippen LogP) is 1.32. The number of nitrogens with two attached hydrogens (primary N) is 1. The maximum absolute atomic E-state index is 12.6. The first-order chi connectivity index (χ1) is 12.4. The van der Waals surface area contributed by atoms with Crippen molar-refractivity contribution in [2.45, 2.75) is 38.5 Å². The van der Waals surface area contributed by atoms with Crippen molar-refractivity contribution in [3.63, 3.8) is 0 Å². The summed E-state index contributed by atoms with van der Waals surface area (Å²) in [5.41, 5.74) is 8.07. The summed E-state index contributed by atoms with van der Waals surface area (Å²) in [6, 6.07) is 5.56. The number of fused-ring (bicyclic) bond motifs is 1. The van der Waals surface area contributed by atoms with E-state index in [1.807, 2.05) is 18.2 Å². The second-order valence-corrected chi connectivity index (χ2v) is 9.39. The summed E-state index contributed by atoms with van der Waals surface area (Å²) in [7, 11) is -3.23. The van der Waals surface area contributed by atoms with Crippen LogP contribution >= 0.6 is 0 Å². The molecular formula is C19H26N2O4S. The fourth-order valence-corrected chi connectivity index (χ4v) is 5.35. The molecule has 0 amide bonds. The summed E-state index contributed by atoms with van der Waals surface area (Å²) in [6.07, 6.45) is 3.22. The Bertz CT molecular complexity index is 796. The van der Waals surface area contributed by atoms with Crippen LogP contribution in [0.4, 0.5) is 0 Å². The van der Waals surface area contributed by atoms with Gasteiger partial charge >= 0.3 is 0 Å². The monoisotopic (exact) mass is 378 g/mol. The number of ketones is 2. The van der Waals surface area contributed by atoms with Crippen molar-refractivity contribution in [2.24, 2.45) is 11.7 Å². The van der Waals surface area contributed by atoms with Crippen molar-refractivity contribution in [1.82, 2.24) is 4.31 Å². The predicted molar refractivity (Wildman–Crippen MR) is 99.6 cm³/mol. The molecule has 0 bridgehead atoms. The van der Waals surface area contributed by atoms with E-state index in [9.17, 15) is 18.0 Å². The van der Waals surface area contributed by atoms with Crippen molar-refractivity contribution in [3.05, 3.63) is 34.9 Å². The molecule has 1 heterocycles. The Morgan fingerprint density at radius 1 is 1.15 bits per heavy atom. The molecule has 1 fully saturated rings. The Hall–Kier alpha value is -1.57. The van der Waals surface area contributed by atoms with E-state index in [1.165, 1.54) is 4.31 Å². The van der Waals surface area contributed by atoms with Crippen molar-refractivity contribution in [1.29, 1.82) is 0 Å². The Balaban J connectivity index is 1.54. The smallest absolute Gasteiger partial charge is 0.214 e. The van der Waals surface area contributed by atoms with Gasteiger partial charge in [0.1, 0.15) is 5.78 Å². The highest BCUT2D eigenvalue weighted by Gasteiger charge is 2.29. The summed E-state index contributed by atoms with van der Waals surface area (Å²) in [5, 5.41) is 0. The number of hydrogen-bond donors (Lipinski definition) is 1. The molecule has 2 N–H and O–H groups in total. The molecule has 0 saturated carbocycles. The third kappa shape index (κ3) is 4.39. The average Bonchev–Trinajstić information content (AvgIpc) is 2.99. The lowest BCUT2D eigenvalue weighted by Crippen LogP contribution is -2.40. The molecule has 1 aromatic rings. The van der Waals surface area contributed by atoms with Gasteiger partial charge in [0.15, 0.2) is 5.78 Å². The summed E-state index contributed by atoms with van der Waals surface area (Å²) in [4.78, 5) is 24.1. The maximum Gasteiger partial charge on any atom is 0.214 e. The molecule has 1 aromatic carbocycles. The minimum atomic E-state index is -3.23.